The van der Waals surface area contributed by atoms with Crippen LogP contribution in [0.2, 0.25) is 0 Å². The predicted octanol–water partition coefficient (Wildman–Crippen LogP) is 3.83. The molecule has 0 fully saturated rings. The molecule has 0 saturated heterocycles. The van der Waals surface area contributed by atoms with E-state index in [0.717, 1.165) is 0 Å². The molecule has 0 aromatic heterocycles. The number of rotatable bonds is 3. The van der Waals surface area contributed by atoms with Gasteiger partial charge in [0.1, 0.15) is 0 Å². The van der Waals surface area contributed by atoms with E-state index in [1.165, 1.54) is 13.2 Å². The van der Waals surface area contributed by atoms with E-state index in [2.05, 4.69) is 15.9 Å². The molecule has 92 valence electrons. The van der Waals surface area contributed by atoms with Gasteiger partial charge in [0.15, 0.2) is 17.3 Å². The van der Waals surface area contributed by atoms with E-state index >= 15 is 0 Å². The molecule has 0 saturated carbocycles. The number of methoxy groups -OCH3 is 1. The summed E-state index contributed by atoms with van der Waals surface area (Å²) in [5.74, 6) is -0.976. The van der Waals surface area contributed by atoms with E-state index in [-0.39, 0.29) is 17.1 Å². The number of hydrogen-bond acceptors (Lipinski definition) is 2. The van der Waals surface area contributed by atoms with Crippen LogP contribution in [0.25, 0.3) is 0 Å². The highest BCUT2D eigenvalue weighted by atomic mass is 79.9. The Kier molecular flexibility index (Phi) is 3.77. The number of ether oxygens (including phenoxy) is 1. The molecule has 0 atom stereocenters. The summed E-state index contributed by atoms with van der Waals surface area (Å²) in [6, 6.07) is 11.6. The van der Waals surface area contributed by atoms with Crippen molar-refractivity contribution in [3.8, 4) is 5.75 Å². The van der Waals surface area contributed by atoms with Gasteiger partial charge in [0.2, 0.25) is 0 Å². The van der Waals surface area contributed by atoms with Crippen molar-refractivity contribution in [2.75, 3.05) is 7.11 Å². The molecule has 2 nitrogen and oxygen atoms in total. The summed E-state index contributed by atoms with van der Waals surface area (Å²) >= 11 is 3.17. The van der Waals surface area contributed by atoms with Gasteiger partial charge in [0.05, 0.1) is 17.1 Å². The summed E-state index contributed by atoms with van der Waals surface area (Å²) in [6.45, 7) is 0. The Morgan fingerprint density at radius 1 is 1.17 bits per heavy atom. The molecule has 0 unspecified atom stereocenters. The third-order valence-electron chi connectivity index (χ3n) is 2.53. The van der Waals surface area contributed by atoms with Gasteiger partial charge in [-0.3, -0.25) is 4.79 Å². The second-order valence-corrected chi connectivity index (χ2v) is 4.49. The van der Waals surface area contributed by atoms with Gasteiger partial charge in [-0.2, -0.15) is 0 Å². The summed E-state index contributed by atoms with van der Waals surface area (Å²) < 4.78 is 19.5. The molecule has 2 rings (SSSR count). The number of carbonyl (C=O) groups excluding carboxylic acids is 1. The maximum absolute atomic E-state index is 14.1. The van der Waals surface area contributed by atoms with Gasteiger partial charge in [-0.1, -0.05) is 30.3 Å². The van der Waals surface area contributed by atoms with E-state index in [1.807, 2.05) is 0 Å². The van der Waals surface area contributed by atoms with E-state index in [4.69, 9.17) is 4.74 Å². The highest BCUT2D eigenvalue weighted by Gasteiger charge is 2.19. The molecule has 0 bridgehead atoms. The van der Waals surface area contributed by atoms with Gasteiger partial charge in [0.25, 0.3) is 0 Å². The number of benzene rings is 2. The Morgan fingerprint density at radius 2 is 1.83 bits per heavy atom. The van der Waals surface area contributed by atoms with Crippen LogP contribution in [0.1, 0.15) is 15.9 Å². The van der Waals surface area contributed by atoms with Crippen LogP contribution in [-0.2, 0) is 0 Å². The average molecular weight is 309 g/mol. The lowest BCUT2D eigenvalue weighted by Gasteiger charge is -2.08. The van der Waals surface area contributed by atoms with Crippen molar-refractivity contribution in [3.05, 3.63) is 63.9 Å². The van der Waals surface area contributed by atoms with Crippen molar-refractivity contribution in [1.82, 2.24) is 0 Å². The Balaban J connectivity index is 2.50. The average Bonchev–Trinajstić information content (AvgIpc) is 2.40. The molecule has 0 spiro atoms. The Hall–Kier alpha value is -1.68. The topological polar surface area (TPSA) is 26.3 Å². The molecule has 2 aromatic rings. The monoisotopic (exact) mass is 308 g/mol. The second kappa shape index (κ2) is 5.31. The molecule has 18 heavy (non-hydrogen) atoms. The van der Waals surface area contributed by atoms with Gasteiger partial charge in [0, 0.05) is 5.56 Å². The standard InChI is InChI=1S/C14H10BrFO2/c1-18-14-11(15)8-7-10(12(14)16)13(17)9-5-3-2-4-6-9/h2-8H,1H3. The lowest BCUT2D eigenvalue weighted by molar-refractivity contribution is 0.103. The number of carbonyl (C=O) groups is 1. The second-order valence-electron chi connectivity index (χ2n) is 3.64. The first-order chi connectivity index (χ1) is 8.65. The van der Waals surface area contributed by atoms with Crippen LogP contribution in [0.15, 0.2) is 46.9 Å². The fourth-order valence-electron chi connectivity index (χ4n) is 1.64. The number of hydrogen-bond donors (Lipinski definition) is 0. The van der Waals surface area contributed by atoms with E-state index in [9.17, 15) is 9.18 Å². The maximum Gasteiger partial charge on any atom is 0.196 e. The van der Waals surface area contributed by atoms with E-state index in [0.29, 0.717) is 10.0 Å². The molecule has 0 amide bonds. The summed E-state index contributed by atoms with van der Waals surface area (Å²) in [5, 5.41) is 0. The van der Waals surface area contributed by atoms with Gasteiger partial charge < -0.3 is 4.74 Å². The zero-order chi connectivity index (χ0) is 13.1. The van der Waals surface area contributed by atoms with Crippen molar-refractivity contribution in [2.24, 2.45) is 0 Å². The van der Waals surface area contributed by atoms with Crippen LogP contribution < -0.4 is 4.74 Å². The largest absolute Gasteiger partial charge is 0.492 e. The van der Waals surface area contributed by atoms with Crippen molar-refractivity contribution in [1.29, 1.82) is 0 Å². The maximum atomic E-state index is 14.1. The van der Waals surface area contributed by atoms with Crippen LogP contribution in [0.3, 0.4) is 0 Å². The minimum Gasteiger partial charge on any atom is -0.492 e. The minimum absolute atomic E-state index is 0.00116. The fraction of sp³-hybridized carbons (Fsp3) is 0.0714. The molecule has 0 aliphatic heterocycles. The Bertz CT molecular complexity index is 582. The van der Waals surface area contributed by atoms with E-state index in [1.54, 1.807) is 36.4 Å². The first-order valence-electron chi connectivity index (χ1n) is 5.27. The first kappa shape index (κ1) is 12.8. The highest BCUT2D eigenvalue weighted by Crippen LogP contribution is 2.30. The molecule has 2 aromatic carbocycles. The molecule has 0 aliphatic carbocycles. The normalized spacial score (nSPS) is 10.2. The molecule has 0 aliphatic rings. The number of ketones is 1. The van der Waals surface area contributed by atoms with Crippen molar-refractivity contribution in [2.45, 2.75) is 0 Å². The van der Waals surface area contributed by atoms with Crippen LogP contribution in [0.5, 0.6) is 5.75 Å². The summed E-state index contributed by atoms with van der Waals surface area (Å²) in [4.78, 5) is 12.1. The molecule has 0 N–H and O–H groups in total. The van der Waals surface area contributed by atoms with Crippen molar-refractivity contribution >= 4 is 21.7 Å². The Labute approximate surface area is 113 Å². The predicted molar refractivity (Wildman–Crippen MR) is 70.5 cm³/mol. The lowest BCUT2D eigenvalue weighted by atomic mass is 10.0. The van der Waals surface area contributed by atoms with Crippen molar-refractivity contribution < 1.29 is 13.9 Å². The zero-order valence-electron chi connectivity index (χ0n) is 9.61. The molecule has 4 heteroatoms. The van der Waals surface area contributed by atoms with Gasteiger partial charge in [-0.05, 0) is 28.1 Å². The quantitative estimate of drug-likeness (QED) is 0.806. The summed E-state index contributed by atoms with van der Waals surface area (Å²) in [7, 11) is 1.36. The third kappa shape index (κ3) is 2.29. The smallest absolute Gasteiger partial charge is 0.196 e. The zero-order valence-corrected chi connectivity index (χ0v) is 11.2. The minimum atomic E-state index is -0.652. The van der Waals surface area contributed by atoms with Gasteiger partial charge in [-0.25, -0.2) is 4.39 Å². The number of halogens is 2. The highest BCUT2D eigenvalue weighted by molar-refractivity contribution is 9.10. The van der Waals surface area contributed by atoms with Gasteiger partial charge >= 0.3 is 0 Å². The lowest BCUT2D eigenvalue weighted by Crippen LogP contribution is -2.05. The Morgan fingerprint density at radius 3 is 2.44 bits per heavy atom. The summed E-state index contributed by atoms with van der Waals surface area (Å²) in [5.41, 5.74) is 0.446. The van der Waals surface area contributed by atoms with Crippen LogP contribution in [0.4, 0.5) is 4.39 Å². The SMILES string of the molecule is COc1c(Br)ccc(C(=O)c2ccccc2)c1F. The summed E-state index contributed by atoms with van der Waals surface area (Å²) in [6.07, 6.45) is 0. The van der Waals surface area contributed by atoms with Crippen LogP contribution in [-0.4, -0.2) is 12.9 Å². The third-order valence-corrected chi connectivity index (χ3v) is 3.16. The molecule has 0 heterocycles. The molecular weight excluding hydrogens is 299 g/mol. The van der Waals surface area contributed by atoms with E-state index < -0.39 is 5.82 Å². The molecule has 0 radical (unpaired) electrons. The fourth-order valence-corrected chi connectivity index (χ4v) is 2.11. The molecular formula is C14H10BrFO2. The van der Waals surface area contributed by atoms with Crippen molar-refractivity contribution in [3.63, 3.8) is 0 Å². The van der Waals surface area contributed by atoms with Crippen LogP contribution in [0, 0.1) is 5.82 Å². The first-order valence-corrected chi connectivity index (χ1v) is 6.06. The van der Waals surface area contributed by atoms with Gasteiger partial charge in [-0.15, -0.1) is 0 Å². The van der Waals surface area contributed by atoms with Crippen LogP contribution >= 0.6 is 15.9 Å².